The van der Waals surface area contributed by atoms with Crippen LogP contribution < -0.4 is 10.9 Å². The van der Waals surface area contributed by atoms with Crippen LogP contribution in [0, 0.1) is 5.82 Å². The number of amides is 2. The Bertz CT molecular complexity index is 1210. The number of pyridine rings is 1. The number of halogens is 2. The highest BCUT2D eigenvalue weighted by atomic mass is 35.5. The number of aliphatic hydroxyl groups is 1. The van der Waals surface area contributed by atoms with Crippen molar-refractivity contribution >= 4 is 29.2 Å². The van der Waals surface area contributed by atoms with Crippen molar-refractivity contribution in [2.45, 2.75) is 57.7 Å². The molecule has 0 saturated heterocycles. The van der Waals surface area contributed by atoms with Gasteiger partial charge in [-0.3, -0.25) is 19.0 Å². The second-order valence-corrected chi connectivity index (χ2v) is 9.37. The molecule has 1 atom stereocenters. The summed E-state index contributed by atoms with van der Waals surface area (Å²) >= 11 is 5.91. The molecule has 2 aliphatic rings. The summed E-state index contributed by atoms with van der Waals surface area (Å²) in [7, 11) is 0. The van der Waals surface area contributed by atoms with Crippen LogP contribution in [-0.2, 0) is 23.3 Å². The Hall–Kier alpha value is -2.91. The van der Waals surface area contributed by atoms with Gasteiger partial charge in [0, 0.05) is 24.8 Å². The number of fused-ring (bicyclic) bond motifs is 3. The number of anilines is 1. The van der Waals surface area contributed by atoms with Gasteiger partial charge >= 0.3 is 0 Å². The standard InChI is InChI=1S/C23H25ClFN3O5/c1-23(2)22(33)26-19-14-10-13(5-3-4-8-29)27(11-12-6-7-16(25)15(24)9-12)20(31)17(14)18(30)21(32)28(19)23/h6-7,9,13,29-30H,3-5,8,10-11H2,1-2H3,(H,26,33). The van der Waals surface area contributed by atoms with Gasteiger partial charge in [-0.15, -0.1) is 0 Å². The van der Waals surface area contributed by atoms with Crippen molar-refractivity contribution in [3.63, 3.8) is 0 Å². The number of benzene rings is 1. The second-order valence-electron chi connectivity index (χ2n) is 8.96. The number of rotatable bonds is 6. The zero-order valence-corrected chi connectivity index (χ0v) is 19.1. The summed E-state index contributed by atoms with van der Waals surface area (Å²) in [4.78, 5) is 40.6. The third-order valence-corrected chi connectivity index (χ3v) is 6.73. The van der Waals surface area contributed by atoms with E-state index in [1.165, 1.54) is 27.7 Å². The van der Waals surface area contributed by atoms with Crippen LogP contribution in [0.5, 0.6) is 5.75 Å². The Labute approximate surface area is 194 Å². The van der Waals surface area contributed by atoms with Crippen LogP contribution in [0.15, 0.2) is 23.0 Å². The number of nitrogens with zero attached hydrogens (tertiary/aromatic N) is 2. The maximum atomic E-state index is 13.6. The minimum absolute atomic E-state index is 0.0145. The zero-order chi connectivity index (χ0) is 24.1. The van der Waals surface area contributed by atoms with Gasteiger partial charge in [0.15, 0.2) is 5.75 Å². The van der Waals surface area contributed by atoms with Crippen LogP contribution in [-0.4, -0.2) is 44.1 Å². The van der Waals surface area contributed by atoms with E-state index in [4.69, 9.17) is 11.6 Å². The maximum absolute atomic E-state index is 13.6. The van der Waals surface area contributed by atoms with Crippen molar-refractivity contribution in [2.75, 3.05) is 11.9 Å². The molecule has 3 heterocycles. The van der Waals surface area contributed by atoms with Crippen molar-refractivity contribution < 1.29 is 24.2 Å². The number of aliphatic hydroxyl groups excluding tert-OH is 1. The van der Waals surface area contributed by atoms with E-state index in [0.717, 1.165) is 0 Å². The summed E-state index contributed by atoms with van der Waals surface area (Å²) in [5.41, 5.74) is -1.15. The lowest BCUT2D eigenvalue weighted by atomic mass is 9.89. The zero-order valence-electron chi connectivity index (χ0n) is 18.3. The van der Waals surface area contributed by atoms with Gasteiger partial charge in [-0.25, -0.2) is 4.39 Å². The molecule has 2 amide bonds. The number of hydrogen-bond acceptors (Lipinski definition) is 5. The first-order chi connectivity index (χ1) is 15.6. The summed E-state index contributed by atoms with van der Waals surface area (Å²) < 4.78 is 14.8. The Balaban J connectivity index is 1.81. The fourth-order valence-electron chi connectivity index (χ4n) is 4.61. The van der Waals surface area contributed by atoms with Crippen LogP contribution in [0.25, 0.3) is 0 Å². The molecule has 0 radical (unpaired) electrons. The summed E-state index contributed by atoms with van der Waals surface area (Å²) in [5, 5.41) is 22.6. The normalized spacial score (nSPS) is 18.8. The van der Waals surface area contributed by atoms with E-state index in [2.05, 4.69) is 5.32 Å². The van der Waals surface area contributed by atoms with Crippen molar-refractivity contribution in [3.8, 4) is 5.75 Å². The van der Waals surface area contributed by atoms with Crippen LogP contribution in [0.4, 0.5) is 10.2 Å². The second kappa shape index (κ2) is 8.46. The molecule has 4 rings (SSSR count). The molecule has 8 nitrogen and oxygen atoms in total. The van der Waals surface area contributed by atoms with E-state index in [1.807, 2.05) is 0 Å². The number of carbonyl (C=O) groups excluding carboxylic acids is 2. The lowest BCUT2D eigenvalue weighted by Crippen LogP contribution is -2.47. The minimum Gasteiger partial charge on any atom is -0.502 e. The molecule has 0 saturated carbocycles. The van der Waals surface area contributed by atoms with Gasteiger partial charge < -0.3 is 20.4 Å². The largest absolute Gasteiger partial charge is 0.502 e. The Morgan fingerprint density at radius 2 is 1.97 bits per heavy atom. The predicted molar refractivity (Wildman–Crippen MR) is 120 cm³/mol. The van der Waals surface area contributed by atoms with Crippen LogP contribution in [0.1, 0.15) is 54.6 Å². The van der Waals surface area contributed by atoms with Crippen molar-refractivity contribution in [3.05, 3.63) is 56.1 Å². The molecule has 0 aliphatic carbocycles. The summed E-state index contributed by atoms with van der Waals surface area (Å²) in [5.74, 6) is -2.00. The molecule has 2 aliphatic heterocycles. The third kappa shape index (κ3) is 3.79. The first-order valence-electron chi connectivity index (χ1n) is 10.8. The van der Waals surface area contributed by atoms with E-state index >= 15 is 0 Å². The highest BCUT2D eigenvalue weighted by Crippen LogP contribution is 2.40. The number of hydrogen-bond donors (Lipinski definition) is 3. The molecular formula is C23H25ClFN3O5. The molecule has 0 spiro atoms. The maximum Gasteiger partial charge on any atom is 0.296 e. The molecular weight excluding hydrogens is 453 g/mol. The lowest BCUT2D eigenvalue weighted by Gasteiger charge is -2.38. The molecule has 33 heavy (non-hydrogen) atoms. The summed E-state index contributed by atoms with van der Waals surface area (Å²) in [6.07, 6.45) is 2.04. The van der Waals surface area contributed by atoms with E-state index in [0.29, 0.717) is 36.8 Å². The Morgan fingerprint density at radius 1 is 1.24 bits per heavy atom. The lowest BCUT2D eigenvalue weighted by molar-refractivity contribution is -0.121. The number of aromatic hydroxyl groups is 1. The van der Waals surface area contributed by atoms with Gasteiger partial charge in [0.1, 0.15) is 17.2 Å². The van der Waals surface area contributed by atoms with E-state index in [-0.39, 0.29) is 35.6 Å². The van der Waals surface area contributed by atoms with Crippen LogP contribution in [0.3, 0.4) is 0 Å². The molecule has 0 fully saturated rings. The fraction of sp³-hybridized carbons (Fsp3) is 0.435. The number of aromatic nitrogens is 1. The average molecular weight is 478 g/mol. The topological polar surface area (TPSA) is 112 Å². The molecule has 10 heteroatoms. The molecule has 2 aromatic rings. The Morgan fingerprint density at radius 3 is 2.64 bits per heavy atom. The summed E-state index contributed by atoms with van der Waals surface area (Å²) in [6, 6.07) is 3.84. The first kappa shape index (κ1) is 23.3. The number of unbranched alkanes of at least 4 members (excludes halogenated alkanes) is 1. The van der Waals surface area contributed by atoms with Crippen molar-refractivity contribution in [1.29, 1.82) is 0 Å². The predicted octanol–water partition coefficient (Wildman–Crippen LogP) is 2.76. The highest BCUT2D eigenvalue weighted by Gasteiger charge is 2.46. The third-order valence-electron chi connectivity index (χ3n) is 6.44. The van der Waals surface area contributed by atoms with Gasteiger partial charge in [-0.1, -0.05) is 17.7 Å². The molecule has 1 unspecified atom stereocenters. The summed E-state index contributed by atoms with van der Waals surface area (Å²) in [6.45, 7) is 3.25. The molecule has 1 aromatic heterocycles. The SMILES string of the molecule is CC1(C)C(=O)Nc2c3c(c(O)c(=O)n21)C(=O)N(Cc1ccc(F)c(Cl)c1)C(CCCCO)C3. The minimum atomic E-state index is -1.21. The van der Waals surface area contributed by atoms with Crippen LogP contribution in [0.2, 0.25) is 5.02 Å². The molecule has 176 valence electrons. The van der Waals surface area contributed by atoms with Gasteiger partial charge in [0.2, 0.25) is 0 Å². The average Bonchev–Trinajstić information content (AvgIpc) is 3.00. The van der Waals surface area contributed by atoms with Crippen LogP contribution >= 0.6 is 11.6 Å². The van der Waals surface area contributed by atoms with E-state index in [9.17, 15) is 29.0 Å². The van der Waals surface area contributed by atoms with Gasteiger partial charge in [-0.2, -0.15) is 0 Å². The Kier molecular flexibility index (Phi) is 5.96. The van der Waals surface area contributed by atoms with Crippen molar-refractivity contribution in [1.82, 2.24) is 9.47 Å². The fourth-order valence-corrected chi connectivity index (χ4v) is 4.81. The molecule has 1 aromatic carbocycles. The number of nitrogens with one attached hydrogen (secondary N) is 1. The van der Waals surface area contributed by atoms with Gasteiger partial charge in [0.25, 0.3) is 17.4 Å². The number of carbonyl (C=O) groups is 2. The van der Waals surface area contributed by atoms with Gasteiger partial charge in [-0.05, 0) is 57.2 Å². The molecule has 0 bridgehead atoms. The quantitative estimate of drug-likeness (QED) is 0.554. The first-order valence-corrected chi connectivity index (χ1v) is 11.1. The van der Waals surface area contributed by atoms with Gasteiger partial charge in [0.05, 0.1) is 10.6 Å². The highest BCUT2D eigenvalue weighted by molar-refractivity contribution is 6.30. The van der Waals surface area contributed by atoms with E-state index in [1.54, 1.807) is 13.8 Å². The van der Waals surface area contributed by atoms with Crippen molar-refractivity contribution in [2.24, 2.45) is 0 Å². The van der Waals surface area contributed by atoms with E-state index < -0.39 is 34.5 Å². The smallest absolute Gasteiger partial charge is 0.296 e. The molecule has 3 N–H and O–H groups in total. The monoisotopic (exact) mass is 477 g/mol.